The number of benzene rings is 2. The lowest BCUT2D eigenvalue weighted by Crippen LogP contribution is -2.48. The van der Waals surface area contributed by atoms with E-state index in [1.807, 2.05) is 57.3 Å². The third-order valence-corrected chi connectivity index (χ3v) is 8.02. The Morgan fingerprint density at radius 1 is 1.05 bits per heavy atom. The Balaban J connectivity index is 1.19. The highest BCUT2D eigenvalue weighted by Gasteiger charge is 2.27. The maximum absolute atomic E-state index is 13.9. The van der Waals surface area contributed by atoms with Gasteiger partial charge in [-0.15, -0.1) is 5.06 Å². The second kappa shape index (κ2) is 12.1. The van der Waals surface area contributed by atoms with Crippen LogP contribution in [0.15, 0.2) is 42.6 Å². The van der Waals surface area contributed by atoms with Gasteiger partial charge in [0, 0.05) is 50.9 Å². The lowest BCUT2D eigenvalue weighted by atomic mass is 9.92. The van der Waals surface area contributed by atoms with Gasteiger partial charge in [-0.3, -0.25) is 9.48 Å². The number of piperazine rings is 1. The topological polar surface area (TPSA) is 95.0 Å². The average Bonchev–Trinajstić information content (AvgIpc) is 3.19. The maximum Gasteiger partial charge on any atom is 0.426 e. The average molecular weight is 574 g/mol. The van der Waals surface area contributed by atoms with Crippen LogP contribution in [0.25, 0.3) is 0 Å². The fourth-order valence-electron chi connectivity index (χ4n) is 5.35. The first kappa shape index (κ1) is 29.6. The zero-order valence-electron chi connectivity index (χ0n) is 25.7. The predicted octanol–water partition coefficient (Wildman–Crippen LogP) is 5.14. The van der Waals surface area contributed by atoms with E-state index in [-0.39, 0.29) is 5.91 Å². The number of aromatic nitrogens is 2. The number of anilines is 3. The van der Waals surface area contributed by atoms with Gasteiger partial charge in [-0.05, 0) is 73.2 Å². The molecular weight excluding hydrogens is 530 g/mol. The Kier molecular flexibility index (Phi) is 8.56. The fraction of sp³-hybridized carbons (Fsp3) is 0.469. The van der Waals surface area contributed by atoms with Crippen LogP contribution in [0.5, 0.6) is 0 Å². The molecule has 3 heterocycles. The van der Waals surface area contributed by atoms with Crippen molar-refractivity contribution in [2.24, 2.45) is 12.5 Å². The summed E-state index contributed by atoms with van der Waals surface area (Å²) in [6.07, 6.45) is 2.48. The van der Waals surface area contributed by atoms with Crippen molar-refractivity contribution in [2.75, 3.05) is 42.9 Å². The van der Waals surface area contributed by atoms with E-state index >= 15 is 0 Å². The molecule has 0 aliphatic carbocycles. The van der Waals surface area contributed by atoms with Crippen LogP contribution in [0.3, 0.4) is 0 Å². The van der Waals surface area contributed by atoms with Crippen LogP contribution in [0.2, 0.25) is 0 Å². The molecular formula is C32H43N7O3. The number of carbonyl (C=O) groups excluding carboxylic acids is 2. The number of rotatable bonds is 6. The second-order valence-electron chi connectivity index (χ2n) is 12.6. The van der Waals surface area contributed by atoms with Crippen LogP contribution in [0, 0.1) is 19.3 Å². The van der Waals surface area contributed by atoms with E-state index in [1.165, 1.54) is 0 Å². The molecule has 2 N–H and O–H groups in total. The lowest BCUT2D eigenvalue weighted by molar-refractivity contribution is -0.123. The zero-order valence-corrected chi connectivity index (χ0v) is 25.7. The summed E-state index contributed by atoms with van der Waals surface area (Å²) >= 11 is 0. The molecule has 2 aromatic carbocycles. The van der Waals surface area contributed by atoms with Crippen molar-refractivity contribution in [3.8, 4) is 0 Å². The Labute approximate surface area is 248 Å². The Morgan fingerprint density at radius 3 is 2.52 bits per heavy atom. The number of fused-ring (bicyclic) bond motifs is 2. The Morgan fingerprint density at radius 2 is 1.81 bits per heavy atom. The molecule has 1 saturated heterocycles. The number of hydroxylamine groups is 2. The van der Waals surface area contributed by atoms with Gasteiger partial charge in [0.1, 0.15) is 5.82 Å². The molecule has 0 bridgehead atoms. The molecule has 42 heavy (non-hydrogen) atoms. The third kappa shape index (κ3) is 6.94. The summed E-state index contributed by atoms with van der Waals surface area (Å²) in [5.74, 6) is 0.784. The number of nitrogens with zero attached hydrogens (tertiary/aromatic N) is 5. The summed E-state index contributed by atoms with van der Waals surface area (Å²) in [5.41, 5.74) is 6.49. The molecule has 2 amide bonds. The van der Waals surface area contributed by atoms with Gasteiger partial charge in [-0.1, -0.05) is 32.9 Å². The quantitative estimate of drug-likeness (QED) is 0.422. The van der Waals surface area contributed by atoms with E-state index in [0.29, 0.717) is 37.2 Å². The van der Waals surface area contributed by atoms with Gasteiger partial charge >= 0.3 is 6.09 Å². The van der Waals surface area contributed by atoms with Gasteiger partial charge in [0.25, 0.3) is 5.91 Å². The van der Waals surface area contributed by atoms with Gasteiger partial charge in [0.05, 0.1) is 24.1 Å². The van der Waals surface area contributed by atoms with Crippen molar-refractivity contribution in [1.82, 2.24) is 25.1 Å². The van der Waals surface area contributed by atoms with Gasteiger partial charge in [0.15, 0.2) is 0 Å². The minimum absolute atomic E-state index is 0.0951. The summed E-state index contributed by atoms with van der Waals surface area (Å²) < 4.78 is 1.79. The molecule has 2 aliphatic rings. The zero-order chi connectivity index (χ0) is 30.0. The number of hydrogen-bond acceptors (Lipinski definition) is 7. The Bertz CT molecular complexity index is 1450. The molecule has 0 spiro atoms. The molecule has 1 aromatic heterocycles. The molecule has 224 valence electrons. The van der Waals surface area contributed by atoms with Crippen LogP contribution in [0.4, 0.5) is 22.0 Å². The number of aryl methyl sites for hydroxylation is 3. The van der Waals surface area contributed by atoms with Gasteiger partial charge in [-0.2, -0.15) is 5.10 Å². The minimum Gasteiger partial charge on any atom is -0.351 e. The number of nitrogens with one attached hydrogen (secondary N) is 2. The fourth-order valence-corrected chi connectivity index (χ4v) is 5.35. The van der Waals surface area contributed by atoms with E-state index in [4.69, 9.17) is 4.84 Å². The summed E-state index contributed by atoms with van der Waals surface area (Å²) in [5, 5.41) is 12.5. The van der Waals surface area contributed by atoms with E-state index in [9.17, 15) is 9.59 Å². The van der Waals surface area contributed by atoms with Crippen LogP contribution in [-0.4, -0.2) is 64.5 Å². The highest BCUT2D eigenvalue weighted by atomic mass is 16.7. The predicted molar refractivity (Wildman–Crippen MR) is 165 cm³/mol. The summed E-state index contributed by atoms with van der Waals surface area (Å²) in [6, 6.07) is 11.7. The second-order valence-corrected chi connectivity index (χ2v) is 12.6. The van der Waals surface area contributed by atoms with Gasteiger partial charge in [-0.25, -0.2) is 4.79 Å². The van der Waals surface area contributed by atoms with Crippen LogP contribution < -0.4 is 15.5 Å². The first-order chi connectivity index (χ1) is 20.0. The highest BCUT2D eigenvalue weighted by Crippen LogP contribution is 2.37. The summed E-state index contributed by atoms with van der Waals surface area (Å²) in [7, 11) is 1.89. The van der Waals surface area contributed by atoms with Gasteiger partial charge < -0.3 is 25.3 Å². The molecule has 0 atom stereocenters. The van der Waals surface area contributed by atoms with Crippen molar-refractivity contribution in [3.05, 3.63) is 70.4 Å². The first-order valence-electron chi connectivity index (χ1n) is 14.7. The molecule has 10 nitrogen and oxygen atoms in total. The summed E-state index contributed by atoms with van der Waals surface area (Å²) in [4.78, 5) is 36.2. The standard InChI is InChI=1S/C32H43N7O3/c1-22-7-10-28-27(17-22)35-29-26(20-34-36(29)6)21-39(28)30(40)24-8-9-25(23(2)18-24)19-33-31(41)42-38-15-13-37(14-16-38)12-11-32(3,4)5/h7-10,17-18,20,35H,11-16,19,21H2,1-6H3,(H,33,41). The summed E-state index contributed by atoms with van der Waals surface area (Å²) in [6.45, 7) is 15.7. The van der Waals surface area contributed by atoms with Crippen molar-refractivity contribution in [3.63, 3.8) is 0 Å². The molecule has 3 aromatic rings. The third-order valence-electron chi connectivity index (χ3n) is 8.02. The van der Waals surface area contributed by atoms with Crippen LogP contribution >= 0.6 is 0 Å². The first-order valence-corrected chi connectivity index (χ1v) is 14.7. The van der Waals surface area contributed by atoms with E-state index in [1.54, 1.807) is 20.8 Å². The largest absolute Gasteiger partial charge is 0.426 e. The normalized spacial score (nSPS) is 15.8. The van der Waals surface area contributed by atoms with E-state index < -0.39 is 6.09 Å². The SMILES string of the molecule is Cc1ccc2c(c1)Nc1c(cnn1C)CN2C(=O)c1ccc(CNC(=O)ON2CCN(CCC(C)(C)C)CC2)c(C)c1. The molecule has 0 radical (unpaired) electrons. The number of carbonyl (C=O) groups is 2. The van der Waals surface area contributed by atoms with Crippen molar-refractivity contribution in [2.45, 2.75) is 54.1 Å². The number of hydrogen-bond donors (Lipinski definition) is 2. The maximum atomic E-state index is 13.9. The van der Waals surface area contributed by atoms with E-state index in [0.717, 1.165) is 65.5 Å². The van der Waals surface area contributed by atoms with Crippen molar-refractivity contribution < 1.29 is 14.4 Å². The monoisotopic (exact) mass is 573 g/mol. The van der Waals surface area contributed by atoms with E-state index in [2.05, 4.69) is 41.4 Å². The molecule has 0 saturated carbocycles. The molecule has 10 heteroatoms. The highest BCUT2D eigenvalue weighted by molar-refractivity contribution is 6.08. The van der Waals surface area contributed by atoms with Crippen molar-refractivity contribution in [1.29, 1.82) is 0 Å². The smallest absolute Gasteiger partial charge is 0.351 e. The molecule has 0 unspecified atom stereocenters. The van der Waals surface area contributed by atoms with Gasteiger partial charge in [0.2, 0.25) is 0 Å². The number of amides is 2. The lowest BCUT2D eigenvalue weighted by Gasteiger charge is -2.34. The minimum atomic E-state index is -0.464. The Hall–Kier alpha value is -3.89. The van der Waals surface area contributed by atoms with Crippen molar-refractivity contribution >= 4 is 29.2 Å². The molecule has 1 fully saturated rings. The molecule has 5 rings (SSSR count). The van der Waals surface area contributed by atoms with Crippen LogP contribution in [-0.2, 0) is 25.0 Å². The van der Waals surface area contributed by atoms with Crippen LogP contribution in [0.1, 0.15) is 59.8 Å². The molecule has 2 aliphatic heterocycles.